The van der Waals surface area contributed by atoms with E-state index in [1.807, 2.05) is 56.3 Å². The molecule has 3 N–H and O–H groups in total. The van der Waals surface area contributed by atoms with Gasteiger partial charge in [0.1, 0.15) is 34.6 Å². The van der Waals surface area contributed by atoms with Crippen LogP contribution in [0.5, 0.6) is 23.0 Å². The minimum Gasteiger partial charge on any atom is -0.505 e. The number of nitrogens with one attached hydrogen (secondary N) is 1. The Balaban J connectivity index is 0.00000498. The first-order valence-corrected chi connectivity index (χ1v) is 38.3. The number of hydrogen-bond donors (Lipinski definition) is 3. The number of hydrogen-bond acceptors (Lipinski definition) is 5. The number of aromatic nitrogens is 1. The van der Waals surface area contributed by atoms with Crippen molar-refractivity contribution in [3.05, 3.63) is 247 Å². The number of rotatable bonds is 19. The monoisotopic (exact) mass is 1630 g/mol. The van der Waals surface area contributed by atoms with E-state index in [1.54, 1.807) is 0 Å². The van der Waals surface area contributed by atoms with Crippen molar-refractivity contribution in [1.29, 1.82) is 0 Å². The molecule has 109 heavy (non-hydrogen) atoms. The molecule has 0 amide bonds. The van der Waals surface area contributed by atoms with Gasteiger partial charge in [0.05, 0.1) is 35.6 Å². The molecule has 0 spiro atoms. The number of phenols is 2. The van der Waals surface area contributed by atoms with Crippen molar-refractivity contribution < 1.29 is 54.3 Å². The molecule has 0 unspecified atom stereocenters. The molecule has 0 saturated carbocycles. The van der Waals surface area contributed by atoms with E-state index in [-0.39, 0.29) is 97.9 Å². The Kier molecular flexibility index (Phi) is 25.5. The van der Waals surface area contributed by atoms with Crippen molar-refractivity contribution in [2.24, 2.45) is 10.8 Å². The minimum absolute atomic E-state index is 0. The van der Waals surface area contributed by atoms with Crippen LogP contribution in [0.25, 0.3) is 83.1 Å². The van der Waals surface area contributed by atoms with Gasteiger partial charge in [-0.15, -0.1) is 0 Å². The molecule has 10 aromatic carbocycles. The normalized spacial score (nSPS) is 12.6. The third-order valence-electron chi connectivity index (χ3n) is 21.1. The van der Waals surface area contributed by atoms with E-state index in [1.165, 1.54) is 52.1 Å². The standard InChI is InChI=1S/C98H116F2N2O4.2CH3.Hf/c1-25-61-48-74(100)57-81(79-53-72(98(23,24)59-92(6,7)8)55-86(88(79)104)102-84-34-29-27-32-76(84)77-40-39-64(49-85(77)102)66-46-69(95(15,16)17)51-70(47-66)96(18,19)20)90(61)106-42-30-41-105-89-60(2)43-73(99)56-80(89)78-52-71(97(21,22)58-91(3,4)5)54-83(87(78)103)101-82-33-28-26-31-75(82)63-37-35-62(36-38-63)65-44-67(93(9,10)11)50-68(45-65)94(12,13)14;;;/h26-29,31-40,43-57,101,103-104H,25,30,41-42,58-59H2,1-24H3;2*1H3;/q;2*-1;. The molecule has 0 aliphatic rings. The van der Waals surface area contributed by atoms with Gasteiger partial charge in [-0.25, -0.2) is 8.78 Å². The van der Waals surface area contributed by atoms with Crippen molar-refractivity contribution >= 4 is 33.2 Å². The molecule has 0 saturated heterocycles. The van der Waals surface area contributed by atoms with E-state index in [9.17, 15) is 10.2 Å². The van der Waals surface area contributed by atoms with Gasteiger partial charge >= 0.3 is 0 Å². The summed E-state index contributed by atoms with van der Waals surface area (Å²) in [5, 5.41) is 32.0. The third-order valence-corrected chi connectivity index (χ3v) is 21.1. The van der Waals surface area contributed by atoms with Gasteiger partial charge in [0.25, 0.3) is 0 Å². The van der Waals surface area contributed by atoms with E-state index in [2.05, 4.69) is 271 Å². The van der Waals surface area contributed by atoms with Gasteiger partial charge in [0, 0.05) is 76.5 Å². The summed E-state index contributed by atoms with van der Waals surface area (Å²) in [7, 11) is 0. The maximum atomic E-state index is 16.6. The average molecular weight is 1630 g/mol. The molecule has 0 fully saturated rings. The molecule has 0 aliphatic heterocycles. The summed E-state index contributed by atoms with van der Waals surface area (Å²) in [6, 6.07) is 60.1. The van der Waals surface area contributed by atoms with Gasteiger partial charge in [-0.1, -0.05) is 268 Å². The Morgan fingerprint density at radius 3 is 1.35 bits per heavy atom. The minimum atomic E-state index is -0.460. The van der Waals surface area contributed by atoms with Crippen molar-refractivity contribution in [2.75, 3.05) is 18.5 Å². The molecule has 0 aliphatic carbocycles. The van der Waals surface area contributed by atoms with Crippen LogP contribution in [0.2, 0.25) is 0 Å². The molecule has 1 aromatic heterocycles. The fraction of sp³-hybridized carbons (Fsp3) is 0.380. The predicted octanol–water partition coefficient (Wildman–Crippen LogP) is 28.8. The van der Waals surface area contributed by atoms with Crippen molar-refractivity contribution in [3.63, 3.8) is 0 Å². The second-order valence-electron chi connectivity index (χ2n) is 37.9. The molecule has 0 bridgehead atoms. The Hall–Kier alpha value is -8.27. The second kappa shape index (κ2) is 32.2. The number of nitrogens with zero attached hydrogens (tertiary/aromatic N) is 1. The zero-order chi connectivity index (χ0) is 77.3. The van der Waals surface area contributed by atoms with Crippen molar-refractivity contribution in [1.82, 2.24) is 4.57 Å². The van der Waals surface area contributed by atoms with E-state index in [4.69, 9.17) is 9.47 Å². The van der Waals surface area contributed by atoms with Crippen LogP contribution in [-0.4, -0.2) is 28.0 Å². The molecule has 11 rings (SSSR count). The molecule has 1 heterocycles. The predicted molar refractivity (Wildman–Crippen MR) is 459 cm³/mol. The number of phenolic OH excluding ortho intramolecular Hbond substituents is 2. The maximum Gasteiger partial charge on any atom is 0.147 e. The van der Waals surface area contributed by atoms with Gasteiger partial charge in [-0.3, -0.25) is 0 Å². The van der Waals surface area contributed by atoms with Gasteiger partial charge in [-0.2, -0.15) is 0 Å². The zero-order valence-electron chi connectivity index (χ0n) is 70.4. The first-order chi connectivity index (χ1) is 49.3. The Morgan fingerprint density at radius 2 is 0.826 bits per heavy atom. The van der Waals surface area contributed by atoms with Crippen LogP contribution in [0.4, 0.5) is 20.2 Å². The number of fused-ring (bicyclic) bond motifs is 3. The van der Waals surface area contributed by atoms with Crippen LogP contribution in [0.1, 0.15) is 223 Å². The van der Waals surface area contributed by atoms with Crippen molar-refractivity contribution in [3.8, 4) is 84.3 Å². The number of anilines is 2. The second-order valence-corrected chi connectivity index (χ2v) is 37.9. The van der Waals surface area contributed by atoms with E-state index < -0.39 is 22.5 Å². The number of ether oxygens (including phenoxy) is 2. The van der Waals surface area contributed by atoms with Crippen molar-refractivity contribution in [2.45, 2.75) is 224 Å². The van der Waals surface area contributed by atoms with E-state index in [0.717, 1.165) is 79.3 Å². The summed E-state index contributed by atoms with van der Waals surface area (Å²) in [5.74, 6) is -0.0283. The average Bonchev–Trinajstić information content (AvgIpc) is 1.61. The van der Waals surface area contributed by atoms with Crippen LogP contribution in [-0.2, 0) is 64.8 Å². The summed E-state index contributed by atoms with van der Waals surface area (Å²) in [6.07, 6.45) is 2.47. The molecule has 9 heteroatoms. The van der Waals surface area contributed by atoms with Crippen LogP contribution in [0.15, 0.2) is 176 Å². The van der Waals surface area contributed by atoms with E-state index in [0.29, 0.717) is 69.1 Å². The topological polar surface area (TPSA) is 75.9 Å². The van der Waals surface area contributed by atoms with Crippen LogP contribution >= 0.6 is 0 Å². The number of aryl methyl sites for hydroxylation is 2. The molecular weight excluding hydrogens is 1510 g/mol. The summed E-state index contributed by atoms with van der Waals surface area (Å²) in [6.45, 7) is 53.7. The number of benzene rings is 10. The SMILES string of the molecule is CCc1cc(F)cc(-c2cc(C(C)(C)CC(C)(C)C)cc(-n3c4ccccc4c4ccc(-c5cc(C(C)(C)C)cc(C(C)(C)C)c5)cc43)c2O)c1OCCCOc1c(C)cc(F)cc1-c1cc(C(C)(C)CC(C)(C)C)cc(Nc2ccccc2-c2ccc(-c3cc(C(C)(C)C)cc(C(C)(C)C)c3)cc2)c1O.[CH3-].[CH3-].[Hf]. The maximum absolute atomic E-state index is 16.6. The summed E-state index contributed by atoms with van der Waals surface area (Å²) in [5.41, 5.74) is 19.1. The number of aromatic hydroxyl groups is 2. The van der Waals surface area contributed by atoms with Crippen LogP contribution < -0.4 is 14.8 Å². The smallest absolute Gasteiger partial charge is 0.147 e. The molecule has 0 atom stereocenters. The van der Waals surface area contributed by atoms with Crippen LogP contribution in [0.3, 0.4) is 0 Å². The van der Waals surface area contributed by atoms with Gasteiger partial charge in [0.2, 0.25) is 0 Å². The summed E-state index contributed by atoms with van der Waals surface area (Å²) in [4.78, 5) is 0. The fourth-order valence-corrected chi connectivity index (χ4v) is 15.9. The Bertz CT molecular complexity index is 5040. The molecular formula is C100H122F2HfN2O4-2. The Morgan fingerprint density at radius 1 is 0.385 bits per heavy atom. The quantitative estimate of drug-likeness (QED) is 0.0326. The molecule has 6 nitrogen and oxygen atoms in total. The summed E-state index contributed by atoms with van der Waals surface area (Å²) >= 11 is 0. The van der Waals surface area contributed by atoms with Gasteiger partial charge in [-0.05, 0) is 209 Å². The number of halogens is 2. The zero-order valence-corrected chi connectivity index (χ0v) is 74.0. The van der Waals surface area contributed by atoms with Crippen LogP contribution in [0, 0.1) is 44.2 Å². The van der Waals surface area contributed by atoms with Gasteiger partial charge in [0.15, 0.2) is 0 Å². The largest absolute Gasteiger partial charge is 0.505 e. The van der Waals surface area contributed by atoms with Gasteiger partial charge < -0.3 is 44.4 Å². The Labute approximate surface area is 672 Å². The molecule has 576 valence electrons. The third kappa shape index (κ3) is 19.2. The first kappa shape index (κ1) is 86.3. The first-order valence-electron chi connectivity index (χ1n) is 38.3. The molecule has 0 radical (unpaired) electrons. The van der Waals surface area contributed by atoms with E-state index >= 15 is 8.78 Å². The molecule has 11 aromatic rings. The fourth-order valence-electron chi connectivity index (χ4n) is 15.9. The number of para-hydroxylation sites is 2. The summed E-state index contributed by atoms with van der Waals surface area (Å²) < 4.78 is 48.8.